The Bertz CT molecular complexity index is 557. The fourth-order valence-electron chi connectivity index (χ4n) is 1.89. The molecule has 0 aliphatic carbocycles. The number of aromatic nitrogens is 2. The lowest BCUT2D eigenvalue weighted by atomic mass is 10.1. The number of nitrogens with one attached hydrogen (secondary N) is 1. The first-order chi connectivity index (χ1) is 9.66. The number of fused-ring (bicyclic) bond motifs is 1. The Labute approximate surface area is 119 Å². The van der Waals surface area contributed by atoms with E-state index in [0.717, 1.165) is 29.7 Å². The number of anilines is 2. The highest BCUT2D eigenvalue weighted by molar-refractivity contribution is 5.89. The highest BCUT2D eigenvalue weighted by Crippen LogP contribution is 2.20. The van der Waals surface area contributed by atoms with Crippen molar-refractivity contribution in [2.45, 2.75) is 20.3 Å². The molecule has 0 aliphatic heterocycles. The van der Waals surface area contributed by atoms with Crippen molar-refractivity contribution in [1.82, 2.24) is 9.97 Å². The Kier molecular flexibility index (Phi) is 5.12. The van der Waals surface area contributed by atoms with Crippen molar-refractivity contribution in [2.75, 3.05) is 30.8 Å². The maximum Gasteiger partial charge on any atom is 0.222 e. The minimum Gasteiger partial charge on any atom is -0.380 e. The summed E-state index contributed by atoms with van der Waals surface area (Å²) in [6.07, 6.45) is 1.09. The molecule has 5 nitrogen and oxygen atoms in total. The van der Waals surface area contributed by atoms with Crippen molar-refractivity contribution in [1.29, 1.82) is 0 Å². The number of nitrogens with two attached hydrogens (primary N) is 1. The molecule has 0 fully saturated rings. The number of rotatable bonds is 7. The quantitative estimate of drug-likeness (QED) is 0.759. The third kappa shape index (κ3) is 4.06. The summed E-state index contributed by atoms with van der Waals surface area (Å²) in [5, 5.41) is 4.24. The largest absolute Gasteiger partial charge is 0.380 e. The van der Waals surface area contributed by atoms with E-state index in [4.69, 9.17) is 10.5 Å². The van der Waals surface area contributed by atoms with Gasteiger partial charge in [-0.2, -0.15) is 4.98 Å². The molecule has 0 aliphatic rings. The smallest absolute Gasteiger partial charge is 0.222 e. The predicted octanol–water partition coefficient (Wildman–Crippen LogP) is 2.69. The second kappa shape index (κ2) is 7.05. The summed E-state index contributed by atoms with van der Waals surface area (Å²) in [6.45, 7) is 6.55. The zero-order chi connectivity index (χ0) is 14.4. The van der Waals surface area contributed by atoms with Crippen LogP contribution in [0, 0.1) is 5.92 Å². The molecule has 0 saturated carbocycles. The SMILES string of the molecule is CC(C)CCOCCNc1nc(N)nc2ccccc12. The van der Waals surface area contributed by atoms with E-state index >= 15 is 0 Å². The lowest BCUT2D eigenvalue weighted by Crippen LogP contribution is -2.12. The number of benzene rings is 1. The van der Waals surface area contributed by atoms with Crippen LogP contribution >= 0.6 is 0 Å². The average Bonchev–Trinajstić information content (AvgIpc) is 2.42. The van der Waals surface area contributed by atoms with Gasteiger partial charge >= 0.3 is 0 Å². The number of hydrogen-bond donors (Lipinski definition) is 2. The van der Waals surface area contributed by atoms with Crippen LogP contribution in [0.2, 0.25) is 0 Å². The first-order valence-corrected chi connectivity index (χ1v) is 7.00. The lowest BCUT2D eigenvalue weighted by molar-refractivity contribution is 0.132. The van der Waals surface area contributed by atoms with Gasteiger partial charge in [-0.1, -0.05) is 26.0 Å². The summed E-state index contributed by atoms with van der Waals surface area (Å²) in [7, 11) is 0. The van der Waals surface area contributed by atoms with Crippen molar-refractivity contribution in [3.8, 4) is 0 Å². The second-order valence-corrected chi connectivity index (χ2v) is 5.17. The van der Waals surface area contributed by atoms with Gasteiger partial charge in [0.05, 0.1) is 12.1 Å². The normalized spacial score (nSPS) is 11.2. The van der Waals surface area contributed by atoms with E-state index in [1.54, 1.807) is 0 Å². The standard InChI is InChI=1S/C15H22N4O/c1-11(2)7-9-20-10-8-17-14-12-5-3-4-6-13(12)18-15(16)19-14/h3-6,11H,7-10H2,1-2H3,(H3,16,17,18,19). The Morgan fingerprint density at radius 2 is 2.00 bits per heavy atom. The third-order valence-corrected chi connectivity index (χ3v) is 3.00. The number of nitrogens with zero attached hydrogens (tertiary/aromatic N) is 2. The molecule has 0 unspecified atom stereocenters. The van der Waals surface area contributed by atoms with Gasteiger partial charge in [-0.25, -0.2) is 4.98 Å². The van der Waals surface area contributed by atoms with Crippen LogP contribution in [0.4, 0.5) is 11.8 Å². The van der Waals surface area contributed by atoms with Gasteiger partial charge in [0.1, 0.15) is 5.82 Å². The Balaban J connectivity index is 1.90. The molecule has 1 heterocycles. The van der Waals surface area contributed by atoms with Gasteiger partial charge < -0.3 is 15.8 Å². The molecule has 0 radical (unpaired) electrons. The van der Waals surface area contributed by atoms with E-state index in [1.807, 2.05) is 24.3 Å². The minimum atomic E-state index is 0.284. The van der Waals surface area contributed by atoms with Gasteiger partial charge in [0.15, 0.2) is 0 Å². The summed E-state index contributed by atoms with van der Waals surface area (Å²) in [4.78, 5) is 8.46. The van der Waals surface area contributed by atoms with Gasteiger partial charge in [0.2, 0.25) is 5.95 Å². The lowest BCUT2D eigenvalue weighted by Gasteiger charge is -2.10. The number of nitrogen functional groups attached to an aromatic ring is 1. The molecule has 3 N–H and O–H groups in total. The van der Waals surface area contributed by atoms with Crippen LogP contribution in [0.25, 0.3) is 10.9 Å². The van der Waals surface area contributed by atoms with Gasteiger partial charge in [-0.05, 0) is 24.5 Å². The molecule has 20 heavy (non-hydrogen) atoms. The highest BCUT2D eigenvalue weighted by Gasteiger charge is 2.04. The molecule has 0 amide bonds. The Hall–Kier alpha value is -1.88. The molecule has 0 bridgehead atoms. The number of hydrogen-bond acceptors (Lipinski definition) is 5. The zero-order valence-corrected chi connectivity index (χ0v) is 12.1. The van der Waals surface area contributed by atoms with Crippen LogP contribution in [0.1, 0.15) is 20.3 Å². The summed E-state index contributed by atoms with van der Waals surface area (Å²) in [5.74, 6) is 1.72. The average molecular weight is 274 g/mol. The monoisotopic (exact) mass is 274 g/mol. The van der Waals surface area contributed by atoms with Crippen LogP contribution < -0.4 is 11.1 Å². The van der Waals surface area contributed by atoms with Gasteiger partial charge in [0, 0.05) is 18.5 Å². The van der Waals surface area contributed by atoms with Crippen molar-refractivity contribution in [3.05, 3.63) is 24.3 Å². The number of para-hydroxylation sites is 1. The van der Waals surface area contributed by atoms with E-state index in [2.05, 4.69) is 29.1 Å². The molecule has 108 valence electrons. The van der Waals surface area contributed by atoms with Crippen LogP contribution in [0.3, 0.4) is 0 Å². The first-order valence-electron chi connectivity index (χ1n) is 7.00. The molecular formula is C15H22N4O. The topological polar surface area (TPSA) is 73.1 Å². The van der Waals surface area contributed by atoms with Crippen molar-refractivity contribution in [2.24, 2.45) is 5.92 Å². The molecule has 2 aromatic rings. The zero-order valence-electron chi connectivity index (χ0n) is 12.1. The van der Waals surface area contributed by atoms with Crippen LogP contribution in [-0.2, 0) is 4.74 Å². The summed E-state index contributed by atoms with van der Waals surface area (Å²) < 4.78 is 5.57. The first kappa shape index (κ1) is 14.5. The van der Waals surface area contributed by atoms with E-state index in [-0.39, 0.29) is 5.95 Å². The molecule has 5 heteroatoms. The van der Waals surface area contributed by atoms with E-state index in [0.29, 0.717) is 19.1 Å². The molecule has 2 rings (SSSR count). The van der Waals surface area contributed by atoms with E-state index in [9.17, 15) is 0 Å². The van der Waals surface area contributed by atoms with Crippen LogP contribution in [0.15, 0.2) is 24.3 Å². The van der Waals surface area contributed by atoms with E-state index in [1.165, 1.54) is 0 Å². The predicted molar refractivity (Wildman–Crippen MR) is 82.7 cm³/mol. The van der Waals surface area contributed by atoms with E-state index < -0.39 is 0 Å². The van der Waals surface area contributed by atoms with Crippen molar-refractivity contribution >= 4 is 22.7 Å². The Morgan fingerprint density at radius 1 is 1.20 bits per heavy atom. The van der Waals surface area contributed by atoms with Gasteiger partial charge in [0.25, 0.3) is 0 Å². The van der Waals surface area contributed by atoms with Crippen LogP contribution in [0.5, 0.6) is 0 Å². The van der Waals surface area contributed by atoms with Crippen molar-refractivity contribution in [3.63, 3.8) is 0 Å². The van der Waals surface area contributed by atoms with Crippen molar-refractivity contribution < 1.29 is 4.74 Å². The maximum atomic E-state index is 5.72. The molecule has 1 aromatic heterocycles. The Morgan fingerprint density at radius 3 is 2.80 bits per heavy atom. The van der Waals surface area contributed by atoms with Gasteiger partial charge in [-0.3, -0.25) is 0 Å². The molecule has 0 saturated heterocycles. The summed E-state index contributed by atoms with van der Waals surface area (Å²) >= 11 is 0. The second-order valence-electron chi connectivity index (χ2n) is 5.17. The highest BCUT2D eigenvalue weighted by atomic mass is 16.5. The minimum absolute atomic E-state index is 0.284. The summed E-state index contributed by atoms with van der Waals surface area (Å²) in [6, 6.07) is 7.81. The maximum absolute atomic E-state index is 5.72. The van der Waals surface area contributed by atoms with Crippen LogP contribution in [-0.4, -0.2) is 29.7 Å². The molecule has 0 atom stereocenters. The molecular weight excluding hydrogens is 252 g/mol. The molecule has 1 aromatic carbocycles. The molecule has 0 spiro atoms. The van der Waals surface area contributed by atoms with Gasteiger partial charge in [-0.15, -0.1) is 0 Å². The fraction of sp³-hybridized carbons (Fsp3) is 0.467. The fourth-order valence-corrected chi connectivity index (χ4v) is 1.89. The summed E-state index contributed by atoms with van der Waals surface area (Å²) in [5.41, 5.74) is 6.57. The third-order valence-electron chi connectivity index (χ3n) is 3.00. The number of ether oxygens (including phenoxy) is 1.